The summed E-state index contributed by atoms with van der Waals surface area (Å²) < 4.78 is 10.9. The molecule has 3 aromatic carbocycles. The van der Waals surface area contributed by atoms with E-state index in [2.05, 4.69) is 5.32 Å². The number of nitrogens with zero attached hydrogens (tertiary/aromatic N) is 1. The van der Waals surface area contributed by atoms with Crippen molar-refractivity contribution in [2.24, 2.45) is 5.73 Å². The van der Waals surface area contributed by atoms with Gasteiger partial charge < -0.3 is 20.5 Å². The third kappa shape index (κ3) is 5.10. The van der Waals surface area contributed by atoms with Gasteiger partial charge in [-0.3, -0.25) is 14.5 Å². The molecule has 3 N–H and O–H groups in total. The number of amides is 1. The Kier molecular flexibility index (Phi) is 7.20. The minimum Gasteiger partial charge on any atom is -0.426 e. The number of esters is 2. The van der Waals surface area contributed by atoms with Crippen LogP contribution in [0.1, 0.15) is 54.9 Å². The number of nitrogens with two attached hydrogens (primary N) is 1. The molecular formula is C31H32ClN3O5. The van der Waals surface area contributed by atoms with Crippen molar-refractivity contribution in [2.45, 2.75) is 43.6 Å². The highest BCUT2D eigenvalue weighted by atomic mass is 35.5. The Bertz CT molecular complexity index is 1470. The lowest BCUT2D eigenvalue weighted by Crippen LogP contribution is -2.44. The standard InChI is InChI=1S/C31H32ClN3O5/c1-30(2,33)29(38)40-22-13-9-20(10-14-22)31(19-7-11-21(12-8-19)39-25(36)17-35(3)4)23-15-16-24(32)26(18-5-6-18)27(23)34-28(31)37/h7-16,18H,5-6,17,33H2,1-4H3,(H,34,37). The number of carbonyl (C=O) groups excluding carboxylic acids is 3. The van der Waals surface area contributed by atoms with Crippen molar-refractivity contribution in [3.63, 3.8) is 0 Å². The Hall–Kier alpha value is -3.72. The van der Waals surface area contributed by atoms with Crippen LogP contribution in [-0.4, -0.2) is 48.9 Å². The molecule has 1 amide bonds. The van der Waals surface area contributed by atoms with Crippen LogP contribution in [-0.2, 0) is 19.8 Å². The van der Waals surface area contributed by atoms with Gasteiger partial charge in [0.05, 0.1) is 12.2 Å². The summed E-state index contributed by atoms with van der Waals surface area (Å²) in [5.74, 6) is -0.173. The molecule has 9 heteroatoms. The number of ether oxygens (including phenoxy) is 2. The van der Waals surface area contributed by atoms with E-state index in [4.69, 9.17) is 26.8 Å². The first kappa shape index (κ1) is 27.8. The van der Waals surface area contributed by atoms with E-state index in [0.29, 0.717) is 33.6 Å². The largest absolute Gasteiger partial charge is 0.426 e. The fourth-order valence-electron chi connectivity index (χ4n) is 5.09. The molecule has 0 bridgehead atoms. The fourth-order valence-corrected chi connectivity index (χ4v) is 5.40. The van der Waals surface area contributed by atoms with E-state index in [-0.39, 0.29) is 18.4 Å². The van der Waals surface area contributed by atoms with Gasteiger partial charge >= 0.3 is 11.9 Å². The molecule has 1 aliphatic heterocycles. The number of likely N-dealkylation sites (N-methyl/N-ethyl adjacent to an activating group) is 1. The maximum absolute atomic E-state index is 14.1. The lowest BCUT2D eigenvalue weighted by molar-refractivity contribution is -0.139. The number of hydrogen-bond acceptors (Lipinski definition) is 7. The van der Waals surface area contributed by atoms with Crippen molar-refractivity contribution in [3.8, 4) is 11.5 Å². The van der Waals surface area contributed by atoms with E-state index in [1.54, 1.807) is 81.4 Å². The summed E-state index contributed by atoms with van der Waals surface area (Å²) >= 11 is 6.63. The van der Waals surface area contributed by atoms with Crippen molar-refractivity contribution in [3.05, 3.63) is 87.9 Å². The van der Waals surface area contributed by atoms with Gasteiger partial charge in [0, 0.05) is 10.6 Å². The Balaban J connectivity index is 1.60. The van der Waals surface area contributed by atoms with Crippen LogP contribution in [0.5, 0.6) is 11.5 Å². The molecule has 0 saturated heterocycles. The molecule has 5 rings (SSSR count). The van der Waals surface area contributed by atoms with Crippen molar-refractivity contribution in [2.75, 3.05) is 26.0 Å². The first-order valence-electron chi connectivity index (χ1n) is 13.1. The van der Waals surface area contributed by atoms with Gasteiger partial charge in [0.25, 0.3) is 0 Å². The zero-order chi connectivity index (χ0) is 28.8. The molecular weight excluding hydrogens is 530 g/mol. The lowest BCUT2D eigenvalue weighted by atomic mass is 9.70. The highest BCUT2D eigenvalue weighted by Crippen LogP contribution is 2.55. The molecule has 1 atom stereocenters. The summed E-state index contributed by atoms with van der Waals surface area (Å²) in [5.41, 5.74) is 7.35. The van der Waals surface area contributed by atoms with Gasteiger partial charge in [-0.1, -0.05) is 41.9 Å². The predicted molar refractivity (Wildman–Crippen MR) is 153 cm³/mol. The van der Waals surface area contributed by atoms with Gasteiger partial charge in [0.15, 0.2) is 0 Å². The predicted octanol–water partition coefficient (Wildman–Crippen LogP) is 4.61. The minimum absolute atomic E-state index is 0.143. The molecule has 40 heavy (non-hydrogen) atoms. The van der Waals surface area contributed by atoms with Gasteiger partial charge in [-0.15, -0.1) is 0 Å². The van der Waals surface area contributed by atoms with Crippen LogP contribution in [0.25, 0.3) is 0 Å². The zero-order valence-electron chi connectivity index (χ0n) is 22.9. The third-order valence-corrected chi connectivity index (χ3v) is 7.48. The van der Waals surface area contributed by atoms with Gasteiger partial charge in [-0.05, 0) is 93.7 Å². The average Bonchev–Trinajstić information content (AvgIpc) is 3.66. The number of nitrogens with one attached hydrogen (secondary N) is 1. The molecule has 208 valence electrons. The summed E-state index contributed by atoms with van der Waals surface area (Å²) in [6, 6.07) is 17.6. The Morgan fingerprint density at radius 3 is 2.02 bits per heavy atom. The number of benzene rings is 3. The molecule has 1 unspecified atom stereocenters. The van der Waals surface area contributed by atoms with E-state index in [1.165, 1.54) is 0 Å². The molecule has 1 saturated carbocycles. The molecule has 8 nitrogen and oxygen atoms in total. The van der Waals surface area contributed by atoms with Gasteiger partial charge in [0.1, 0.15) is 22.5 Å². The maximum Gasteiger partial charge on any atom is 0.330 e. The van der Waals surface area contributed by atoms with Crippen LogP contribution in [0, 0.1) is 0 Å². The van der Waals surface area contributed by atoms with Gasteiger partial charge in [-0.25, -0.2) is 4.79 Å². The Morgan fingerprint density at radius 1 is 0.975 bits per heavy atom. The fraction of sp³-hybridized carbons (Fsp3) is 0.323. The first-order valence-corrected chi connectivity index (χ1v) is 13.5. The zero-order valence-corrected chi connectivity index (χ0v) is 23.7. The molecule has 1 fully saturated rings. The number of carbonyl (C=O) groups is 3. The van der Waals surface area contributed by atoms with Crippen molar-refractivity contribution >= 4 is 35.1 Å². The van der Waals surface area contributed by atoms with Crippen molar-refractivity contribution < 1.29 is 23.9 Å². The van der Waals surface area contributed by atoms with E-state index < -0.39 is 16.9 Å². The molecule has 2 aliphatic rings. The molecule has 1 aliphatic carbocycles. The molecule has 3 aromatic rings. The summed E-state index contributed by atoms with van der Waals surface area (Å²) in [5, 5.41) is 3.77. The summed E-state index contributed by atoms with van der Waals surface area (Å²) in [6.45, 7) is 3.29. The maximum atomic E-state index is 14.1. The van der Waals surface area contributed by atoms with Crippen LogP contribution >= 0.6 is 11.6 Å². The van der Waals surface area contributed by atoms with Crippen molar-refractivity contribution in [1.29, 1.82) is 0 Å². The van der Waals surface area contributed by atoms with E-state index in [1.807, 2.05) is 12.1 Å². The number of rotatable bonds is 8. The van der Waals surface area contributed by atoms with Crippen LogP contribution in [0.2, 0.25) is 5.02 Å². The van der Waals surface area contributed by atoms with E-state index in [0.717, 1.165) is 29.7 Å². The SMILES string of the molecule is CN(C)CC(=O)Oc1ccc(C2(c3ccc(OC(=O)C(C)(C)N)cc3)C(=O)Nc3c2ccc(Cl)c3C2CC2)cc1. The topological polar surface area (TPSA) is 111 Å². The second kappa shape index (κ2) is 10.4. The summed E-state index contributed by atoms with van der Waals surface area (Å²) in [7, 11) is 3.57. The molecule has 0 aromatic heterocycles. The van der Waals surface area contributed by atoms with Crippen molar-refractivity contribution in [1.82, 2.24) is 4.90 Å². The second-order valence-electron chi connectivity index (χ2n) is 11.2. The quantitative estimate of drug-likeness (QED) is 0.305. The second-order valence-corrected chi connectivity index (χ2v) is 11.6. The Labute approximate surface area is 238 Å². The first-order chi connectivity index (χ1) is 18.9. The number of anilines is 1. The van der Waals surface area contributed by atoms with E-state index >= 15 is 0 Å². The monoisotopic (exact) mass is 561 g/mol. The number of hydrogen-bond donors (Lipinski definition) is 2. The third-order valence-electron chi connectivity index (χ3n) is 7.15. The lowest BCUT2D eigenvalue weighted by Gasteiger charge is -2.29. The van der Waals surface area contributed by atoms with Gasteiger partial charge in [-0.2, -0.15) is 0 Å². The van der Waals surface area contributed by atoms with Crippen LogP contribution in [0.3, 0.4) is 0 Å². The van der Waals surface area contributed by atoms with E-state index in [9.17, 15) is 14.4 Å². The highest BCUT2D eigenvalue weighted by molar-refractivity contribution is 6.32. The van der Waals surface area contributed by atoms with Crippen LogP contribution in [0.15, 0.2) is 60.7 Å². The smallest absolute Gasteiger partial charge is 0.330 e. The molecule has 1 heterocycles. The normalized spacial score (nSPS) is 18.3. The summed E-state index contributed by atoms with van der Waals surface area (Å²) in [6.07, 6.45) is 2.03. The molecule has 0 radical (unpaired) electrons. The Morgan fingerprint density at radius 2 is 1.52 bits per heavy atom. The van der Waals surface area contributed by atoms with Crippen LogP contribution in [0.4, 0.5) is 5.69 Å². The molecule has 0 spiro atoms. The number of fused-ring (bicyclic) bond motifs is 1. The van der Waals surface area contributed by atoms with Crippen LogP contribution < -0.4 is 20.5 Å². The minimum atomic E-state index is -1.22. The average molecular weight is 562 g/mol. The number of halogens is 1. The highest BCUT2D eigenvalue weighted by Gasteiger charge is 2.51. The summed E-state index contributed by atoms with van der Waals surface area (Å²) in [4.78, 5) is 40.3. The van der Waals surface area contributed by atoms with Gasteiger partial charge in [0.2, 0.25) is 5.91 Å².